The van der Waals surface area contributed by atoms with Gasteiger partial charge in [-0.3, -0.25) is 9.78 Å². The lowest BCUT2D eigenvalue weighted by atomic mass is 10.1. The lowest BCUT2D eigenvalue weighted by molar-refractivity contribution is 0.102. The number of pyridine rings is 1. The van der Waals surface area contributed by atoms with Crippen LogP contribution in [-0.2, 0) is 13.0 Å². The van der Waals surface area contributed by atoms with E-state index >= 15 is 0 Å². The van der Waals surface area contributed by atoms with Crippen LogP contribution in [0.5, 0.6) is 5.75 Å². The van der Waals surface area contributed by atoms with Crippen molar-refractivity contribution in [2.75, 3.05) is 11.1 Å². The normalized spacial score (nSPS) is 10.8. The van der Waals surface area contributed by atoms with Crippen LogP contribution in [0.3, 0.4) is 0 Å². The second-order valence-corrected chi connectivity index (χ2v) is 8.01. The second kappa shape index (κ2) is 9.28. The van der Waals surface area contributed by atoms with Crippen LogP contribution in [-0.4, -0.2) is 10.9 Å². The highest BCUT2D eigenvalue weighted by Crippen LogP contribution is 2.28. The van der Waals surface area contributed by atoms with Gasteiger partial charge in [-0.2, -0.15) is 0 Å². The molecule has 4 aromatic rings. The van der Waals surface area contributed by atoms with Gasteiger partial charge in [-0.05, 0) is 61.4 Å². The molecule has 3 aromatic carbocycles. The maximum absolute atomic E-state index is 13.0. The van der Waals surface area contributed by atoms with Gasteiger partial charge in [0.05, 0.1) is 10.5 Å². The zero-order valence-electron chi connectivity index (χ0n) is 18.0. The van der Waals surface area contributed by atoms with Crippen LogP contribution in [0.2, 0.25) is 5.02 Å². The number of hydrogen-bond donors (Lipinski definition) is 2. The van der Waals surface area contributed by atoms with Gasteiger partial charge in [0.25, 0.3) is 5.91 Å². The summed E-state index contributed by atoms with van der Waals surface area (Å²) in [4.78, 5) is 17.5. The van der Waals surface area contributed by atoms with Crippen molar-refractivity contribution in [2.24, 2.45) is 0 Å². The minimum absolute atomic E-state index is 0.225. The summed E-state index contributed by atoms with van der Waals surface area (Å²) in [5, 5.41) is 4.31. The Morgan fingerprint density at radius 2 is 1.91 bits per heavy atom. The Balaban J connectivity index is 1.53. The fourth-order valence-electron chi connectivity index (χ4n) is 3.57. The first-order valence-corrected chi connectivity index (χ1v) is 10.8. The molecule has 0 atom stereocenters. The molecule has 0 unspecified atom stereocenters. The number of nitrogens with one attached hydrogen (secondary N) is 1. The third-order valence-corrected chi connectivity index (χ3v) is 5.57. The molecule has 0 spiro atoms. The molecule has 1 aromatic heterocycles. The molecular weight excluding hydrogens is 422 g/mol. The van der Waals surface area contributed by atoms with Crippen LogP contribution in [0, 0.1) is 6.92 Å². The van der Waals surface area contributed by atoms with E-state index in [0.29, 0.717) is 27.7 Å². The van der Waals surface area contributed by atoms with Crippen LogP contribution in [0.4, 0.5) is 11.4 Å². The molecule has 162 valence electrons. The van der Waals surface area contributed by atoms with Crippen molar-refractivity contribution in [3.8, 4) is 5.75 Å². The topological polar surface area (TPSA) is 77.2 Å². The molecule has 0 aliphatic rings. The Kier molecular flexibility index (Phi) is 6.28. The highest BCUT2D eigenvalue weighted by molar-refractivity contribution is 6.32. The van der Waals surface area contributed by atoms with Gasteiger partial charge in [0.1, 0.15) is 12.4 Å². The van der Waals surface area contributed by atoms with Crippen molar-refractivity contribution in [3.05, 3.63) is 94.1 Å². The molecule has 0 bridgehead atoms. The number of rotatable bonds is 6. The predicted molar refractivity (Wildman–Crippen MR) is 130 cm³/mol. The molecule has 0 saturated heterocycles. The average Bonchev–Trinajstić information content (AvgIpc) is 2.78. The number of hydrogen-bond acceptors (Lipinski definition) is 4. The van der Waals surface area contributed by atoms with E-state index < -0.39 is 0 Å². The van der Waals surface area contributed by atoms with E-state index in [9.17, 15) is 4.79 Å². The zero-order chi connectivity index (χ0) is 22.7. The maximum Gasteiger partial charge on any atom is 0.256 e. The van der Waals surface area contributed by atoms with Gasteiger partial charge < -0.3 is 15.8 Å². The number of fused-ring (bicyclic) bond motifs is 1. The van der Waals surface area contributed by atoms with E-state index in [1.54, 1.807) is 6.07 Å². The van der Waals surface area contributed by atoms with E-state index in [4.69, 9.17) is 22.1 Å². The lowest BCUT2D eigenvalue weighted by Crippen LogP contribution is -2.15. The molecule has 6 heteroatoms. The molecule has 4 rings (SSSR count). The molecule has 5 nitrogen and oxygen atoms in total. The quantitative estimate of drug-likeness (QED) is 0.372. The smallest absolute Gasteiger partial charge is 0.256 e. The number of nitrogens with zero attached hydrogens (tertiary/aromatic N) is 1. The zero-order valence-corrected chi connectivity index (χ0v) is 18.7. The van der Waals surface area contributed by atoms with Crippen molar-refractivity contribution >= 4 is 39.8 Å². The molecule has 1 amide bonds. The predicted octanol–water partition coefficient (Wildman–Crippen LogP) is 6.17. The molecule has 0 fully saturated rings. The van der Waals surface area contributed by atoms with Crippen LogP contribution < -0.4 is 15.8 Å². The standard InChI is InChI=1S/C26H24ClN3O2/c1-3-17-8-11-25(22(27)13-17)32-15-18-6-4-5-7-20(18)26(31)30-19-9-10-24-21(14-19)23(28)12-16(2)29-24/h4-14H,3,15H2,1-2H3,(H2,28,29)(H,30,31). The fourth-order valence-corrected chi connectivity index (χ4v) is 3.83. The third-order valence-electron chi connectivity index (χ3n) is 5.28. The number of benzene rings is 3. The fraction of sp³-hybridized carbons (Fsp3) is 0.154. The molecule has 3 N–H and O–H groups in total. The Morgan fingerprint density at radius 1 is 1.09 bits per heavy atom. The summed E-state index contributed by atoms with van der Waals surface area (Å²) in [7, 11) is 0. The van der Waals surface area contributed by atoms with Gasteiger partial charge in [0.2, 0.25) is 0 Å². The molecule has 0 radical (unpaired) electrons. The Morgan fingerprint density at radius 3 is 2.69 bits per heavy atom. The van der Waals surface area contributed by atoms with Crippen molar-refractivity contribution in [1.82, 2.24) is 4.98 Å². The van der Waals surface area contributed by atoms with Gasteiger partial charge in [0.15, 0.2) is 0 Å². The maximum atomic E-state index is 13.0. The van der Waals surface area contributed by atoms with E-state index in [1.165, 1.54) is 0 Å². The van der Waals surface area contributed by atoms with Gasteiger partial charge in [-0.15, -0.1) is 0 Å². The molecule has 0 saturated carbocycles. The summed E-state index contributed by atoms with van der Waals surface area (Å²) < 4.78 is 5.91. The van der Waals surface area contributed by atoms with Crippen LogP contribution in [0.1, 0.15) is 34.1 Å². The van der Waals surface area contributed by atoms with Crippen LogP contribution >= 0.6 is 11.6 Å². The summed E-state index contributed by atoms with van der Waals surface area (Å²) in [6.07, 6.45) is 0.902. The summed E-state index contributed by atoms with van der Waals surface area (Å²) in [6, 6.07) is 20.4. The number of carbonyl (C=O) groups excluding carboxylic acids is 1. The number of carbonyl (C=O) groups is 1. The van der Waals surface area contributed by atoms with Crippen molar-refractivity contribution in [2.45, 2.75) is 26.9 Å². The Labute approximate surface area is 192 Å². The monoisotopic (exact) mass is 445 g/mol. The highest BCUT2D eigenvalue weighted by Gasteiger charge is 2.13. The minimum atomic E-state index is -0.227. The second-order valence-electron chi connectivity index (χ2n) is 7.60. The molecule has 32 heavy (non-hydrogen) atoms. The van der Waals surface area contributed by atoms with Crippen LogP contribution in [0.15, 0.2) is 66.7 Å². The van der Waals surface area contributed by atoms with Crippen molar-refractivity contribution in [3.63, 3.8) is 0 Å². The number of nitrogens with two attached hydrogens (primary N) is 1. The summed E-state index contributed by atoms with van der Waals surface area (Å²) >= 11 is 6.33. The number of aryl methyl sites for hydroxylation is 2. The van der Waals surface area contributed by atoms with E-state index in [1.807, 2.05) is 67.6 Å². The first kappa shape index (κ1) is 21.7. The largest absolute Gasteiger partial charge is 0.487 e. The van der Waals surface area contributed by atoms with Crippen molar-refractivity contribution in [1.29, 1.82) is 0 Å². The third kappa shape index (κ3) is 4.68. The summed E-state index contributed by atoms with van der Waals surface area (Å²) in [5.41, 5.74) is 11.5. The molecule has 0 aliphatic heterocycles. The number of anilines is 2. The summed E-state index contributed by atoms with van der Waals surface area (Å²) in [6.45, 7) is 4.20. The molecule has 1 heterocycles. The number of nitrogen functional groups attached to an aromatic ring is 1. The summed E-state index contributed by atoms with van der Waals surface area (Å²) in [5.74, 6) is 0.362. The number of halogens is 1. The first-order valence-electron chi connectivity index (χ1n) is 10.4. The lowest BCUT2D eigenvalue weighted by Gasteiger charge is -2.13. The van der Waals surface area contributed by atoms with E-state index in [2.05, 4.69) is 17.2 Å². The Hall–Kier alpha value is -3.57. The number of amides is 1. The van der Waals surface area contributed by atoms with Gasteiger partial charge in [-0.25, -0.2) is 0 Å². The van der Waals surface area contributed by atoms with Gasteiger partial charge in [0, 0.05) is 33.6 Å². The highest BCUT2D eigenvalue weighted by atomic mass is 35.5. The first-order chi connectivity index (χ1) is 15.4. The number of aromatic nitrogens is 1. The van der Waals surface area contributed by atoms with Gasteiger partial charge >= 0.3 is 0 Å². The minimum Gasteiger partial charge on any atom is -0.487 e. The average molecular weight is 446 g/mol. The number of ether oxygens (including phenoxy) is 1. The van der Waals surface area contributed by atoms with E-state index in [-0.39, 0.29) is 12.5 Å². The van der Waals surface area contributed by atoms with Crippen LogP contribution in [0.25, 0.3) is 10.9 Å². The molecular formula is C26H24ClN3O2. The van der Waals surface area contributed by atoms with Crippen molar-refractivity contribution < 1.29 is 9.53 Å². The SMILES string of the molecule is CCc1ccc(OCc2ccccc2C(=O)Nc2ccc3nc(C)cc(N)c3c2)c(Cl)c1. The van der Waals surface area contributed by atoms with Gasteiger partial charge in [-0.1, -0.05) is 42.8 Å². The molecule has 0 aliphatic carbocycles. The van der Waals surface area contributed by atoms with E-state index in [0.717, 1.165) is 34.1 Å². The Bertz CT molecular complexity index is 1300.